The summed E-state index contributed by atoms with van der Waals surface area (Å²) in [6.45, 7) is 0. The largest absolute Gasteiger partial charge is 0.477 e. The molecule has 0 bridgehead atoms. The first-order valence-corrected chi connectivity index (χ1v) is 3.41. The molecule has 66 valence electrons. The summed E-state index contributed by atoms with van der Waals surface area (Å²) in [7, 11) is 0. The zero-order chi connectivity index (χ0) is 9.26. The molecule has 0 saturated carbocycles. The summed E-state index contributed by atoms with van der Waals surface area (Å²) in [5.41, 5.74) is 0.0312. The van der Waals surface area contributed by atoms with Crippen LogP contribution in [0.2, 0.25) is 0 Å². The molecule has 0 saturated heterocycles. The zero-order valence-corrected chi connectivity index (χ0v) is 6.38. The summed E-state index contributed by atoms with van der Waals surface area (Å²) < 4.78 is 1.50. The second-order valence-electron chi connectivity index (χ2n) is 2.31. The number of nitrogens with one attached hydrogen (secondary N) is 1. The highest BCUT2D eigenvalue weighted by Crippen LogP contribution is 2.03. The van der Waals surface area contributed by atoms with Gasteiger partial charge >= 0.3 is 5.97 Å². The minimum absolute atomic E-state index is 0.0312. The second kappa shape index (κ2) is 2.70. The van der Waals surface area contributed by atoms with Crippen LogP contribution in [0.3, 0.4) is 0 Å². The Morgan fingerprint density at radius 2 is 2.15 bits per heavy atom. The number of carboxylic acid groups (broad SMARTS) is 1. The molecule has 2 aromatic heterocycles. The topological polar surface area (TPSA) is 96.7 Å². The first-order chi connectivity index (χ1) is 6.27. The average Bonchev–Trinajstić information content (AvgIpc) is 2.75. The minimum Gasteiger partial charge on any atom is -0.477 e. The second-order valence-corrected chi connectivity index (χ2v) is 2.31. The molecule has 7 heteroatoms. The molecule has 0 aliphatic carbocycles. The fourth-order valence-electron chi connectivity index (χ4n) is 0.872. The number of rotatable bonds is 2. The maximum Gasteiger partial charge on any atom is 0.353 e. The van der Waals surface area contributed by atoms with Crippen LogP contribution in [0.25, 0.3) is 5.82 Å². The number of H-pyrrole nitrogens is 1. The summed E-state index contributed by atoms with van der Waals surface area (Å²) in [6, 6.07) is 1.39. The monoisotopic (exact) mass is 179 g/mol. The summed E-state index contributed by atoms with van der Waals surface area (Å²) in [4.78, 5) is 10.5. The highest BCUT2D eigenvalue weighted by atomic mass is 16.4. The maximum atomic E-state index is 10.5. The molecule has 0 aliphatic rings. The van der Waals surface area contributed by atoms with Crippen molar-refractivity contribution in [3.63, 3.8) is 0 Å². The molecular formula is C6H5N5O2. The molecule has 0 amide bonds. The molecule has 0 radical (unpaired) electrons. The molecule has 0 aliphatic heterocycles. The van der Waals surface area contributed by atoms with E-state index in [0.29, 0.717) is 5.82 Å². The average molecular weight is 179 g/mol. The van der Waals surface area contributed by atoms with E-state index >= 15 is 0 Å². The molecule has 13 heavy (non-hydrogen) atoms. The van der Waals surface area contributed by atoms with E-state index in [1.54, 1.807) is 0 Å². The fraction of sp³-hybridized carbons (Fsp3) is 0. The first kappa shape index (κ1) is 7.47. The van der Waals surface area contributed by atoms with Crippen molar-refractivity contribution in [2.75, 3.05) is 0 Å². The Kier molecular flexibility index (Phi) is 1.55. The standard InChI is InChI=1S/C6H5N5O2/c12-6(13)4-1-5(10-9-4)11-2-7-8-3-11/h1-3H,(H,9,10)(H,12,13). The van der Waals surface area contributed by atoms with Gasteiger partial charge in [0, 0.05) is 6.07 Å². The lowest BCUT2D eigenvalue weighted by Crippen LogP contribution is -1.95. The highest BCUT2D eigenvalue weighted by Gasteiger charge is 2.08. The van der Waals surface area contributed by atoms with Gasteiger partial charge in [-0.25, -0.2) is 4.79 Å². The van der Waals surface area contributed by atoms with Gasteiger partial charge in [0.2, 0.25) is 0 Å². The van der Waals surface area contributed by atoms with Crippen LogP contribution in [0.15, 0.2) is 18.7 Å². The number of carboxylic acids is 1. The van der Waals surface area contributed by atoms with E-state index in [9.17, 15) is 4.79 Å². The molecule has 0 atom stereocenters. The summed E-state index contributed by atoms with van der Waals surface area (Å²) in [5.74, 6) is -0.603. The van der Waals surface area contributed by atoms with Crippen molar-refractivity contribution >= 4 is 5.97 Å². The Morgan fingerprint density at radius 1 is 1.46 bits per heavy atom. The van der Waals surface area contributed by atoms with Gasteiger partial charge < -0.3 is 5.11 Å². The van der Waals surface area contributed by atoms with E-state index in [1.807, 2.05) is 0 Å². The molecule has 7 nitrogen and oxygen atoms in total. The quantitative estimate of drug-likeness (QED) is 0.659. The molecule has 2 aromatic rings. The van der Waals surface area contributed by atoms with Crippen molar-refractivity contribution in [1.29, 1.82) is 0 Å². The predicted molar refractivity (Wildman–Crippen MR) is 40.5 cm³/mol. The molecule has 0 spiro atoms. The summed E-state index contributed by atoms with van der Waals surface area (Å²) in [6.07, 6.45) is 2.86. The Balaban J connectivity index is 2.39. The SMILES string of the molecule is O=C(O)c1cc(-n2cnnc2)n[nH]1. The van der Waals surface area contributed by atoms with Gasteiger partial charge in [-0.2, -0.15) is 5.10 Å². The van der Waals surface area contributed by atoms with Crippen molar-refractivity contribution < 1.29 is 9.90 Å². The van der Waals surface area contributed by atoms with Gasteiger partial charge in [0.15, 0.2) is 5.82 Å². The molecular weight excluding hydrogens is 174 g/mol. The maximum absolute atomic E-state index is 10.5. The van der Waals surface area contributed by atoms with E-state index in [2.05, 4.69) is 20.4 Å². The van der Waals surface area contributed by atoms with Crippen LogP contribution >= 0.6 is 0 Å². The van der Waals surface area contributed by atoms with Crippen LogP contribution in [-0.2, 0) is 0 Å². The number of aromatic nitrogens is 5. The van der Waals surface area contributed by atoms with E-state index in [1.165, 1.54) is 23.3 Å². The first-order valence-electron chi connectivity index (χ1n) is 3.41. The Hall–Kier alpha value is -2.18. The molecule has 0 fully saturated rings. The lowest BCUT2D eigenvalue weighted by atomic mass is 10.4. The van der Waals surface area contributed by atoms with Crippen LogP contribution in [0, 0.1) is 0 Å². The van der Waals surface area contributed by atoms with Gasteiger partial charge in [-0.05, 0) is 0 Å². The van der Waals surface area contributed by atoms with Crippen LogP contribution in [0.5, 0.6) is 0 Å². The van der Waals surface area contributed by atoms with Crippen LogP contribution in [-0.4, -0.2) is 36.0 Å². The molecule has 2 N–H and O–H groups in total. The van der Waals surface area contributed by atoms with Crippen LogP contribution in [0.1, 0.15) is 10.5 Å². The Bertz CT molecular complexity index is 418. The smallest absolute Gasteiger partial charge is 0.353 e. The van der Waals surface area contributed by atoms with E-state index in [0.717, 1.165) is 0 Å². The van der Waals surface area contributed by atoms with Crippen molar-refractivity contribution in [3.05, 3.63) is 24.4 Å². The predicted octanol–water partition coefficient (Wildman–Crippen LogP) is -0.311. The number of carbonyl (C=O) groups is 1. The summed E-state index contributed by atoms with van der Waals surface area (Å²) in [5, 5.41) is 21.8. The van der Waals surface area contributed by atoms with E-state index in [-0.39, 0.29) is 5.69 Å². The van der Waals surface area contributed by atoms with Gasteiger partial charge in [-0.1, -0.05) is 0 Å². The van der Waals surface area contributed by atoms with Crippen molar-refractivity contribution in [2.45, 2.75) is 0 Å². The lowest BCUT2D eigenvalue weighted by molar-refractivity contribution is 0.0690. The van der Waals surface area contributed by atoms with Gasteiger partial charge in [-0.3, -0.25) is 9.67 Å². The third-order valence-electron chi connectivity index (χ3n) is 1.48. The number of hydrogen-bond donors (Lipinski definition) is 2. The van der Waals surface area contributed by atoms with Crippen LogP contribution in [0.4, 0.5) is 0 Å². The van der Waals surface area contributed by atoms with Crippen LogP contribution < -0.4 is 0 Å². The minimum atomic E-state index is -1.05. The van der Waals surface area contributed by atoms with Crippen molar-refractivity contribution in [1.82, 2.24) is 25.0 Å². The van der Waals surface area contributed by atoms with Gasteiger partial charge in [0.25, 0.3) is 0 Å². The van der Waals surface area contributed by atoms with Gasteiger partial charge in [0.05, 0.1) is 0 Å². The third-order valence-corrected chi connectivity index (χ3v) is 1.48. The lowest BCUT2D eigenvalue weighted by Gasteiger charge is -1.89. The number of aromatic amines is 1. The van der Waals surface area contributed by atoms with E-state index in [4.69, 9.17) is 5.11 Å². The third kappa shape index (κ3) is 1.26. The van der Waals surface area contributed by atoms with Crippen molar-refractivity contribution in [3.8, 4) is 5.82 Å². The molecule has 2 rings (SSSR count). The van der Waals surface area contributed by atoms with E-state index < -0.39 is 5.97 Å². The molecule has 0 unspecified atom stereocenters. The zero-order valence-electron chi connectivity index (χ0n) is 6.38. The number of nitrogens with zero attached hydrogens (tertiary/aromatic N) is 4. The van der Waals surface area contributed by atoms with Gasteiger partial charge in [-0.15, -0.1) is 10.2 Å². The number of hydrogen-bond acceptors (Lipinski definition) is 4. The Labute approximate surface area is 72.0 Å². The molecule has 2 heterocycles. The number of aromatic carboxylic acids is 1. The van der Waals surface area contributed by atoms with Gasteiger partial charge in [0.1, 0.15) is 18.3 Å². The summed E-state index contributed by atoms with van der Waals surface area (Å²) >= 11 is 0. The fourth-order valence-corrected chi connectivity index (χ4v) is 0.872. The Morgan fingerprint density at radius 3 is 2.69 bits per heavy atom. The highest BCUT2D eigenvalue weighted by molar-refractivity contribution is 5.85. The normalized spacial score (nSPS) is 10.2. The molecule has 0 aromatic carbocycles. The van der Waals surface area contributed by atoms with Crippen molar-refractivity contribution in [2.24, 2.45) is 0 Å².